The van der Waals surface area contributed by atoms with Crippen molar-refractivity contribution >= 4 is 17.4 Å². The van der Waals surface area contributed by atoms with Gasteiger partial charge >= 0.3 is 6.03 Å². The number of rotatable bonds is 23. The number of carbonyl (C=O) groups excluding carboxylic acids is 1. The zero-order valence-electron chi connectivity index (χ0n) is 36.5. The van der Waals surface area contributed by atoms with Crippen LogP contribution in [0.15, 0.2) is 103 Å². The van der Waals surface area contributed by atoms with Crippen molar-refractivity contribution in [3.8, 4) is 23.0 Å². The first-order valence-electron chi connectivity index (χ1n) is 22.4. The summed E-state index contributed by atoms with van der Waals surface area (Å²) in [6, 6.07) is 16.5. The highest BCUT2D eigenvalue weighted by Crippen LogP contribution is 2.62. The molecular formula is C49H60N4O11. The first-order valence-corrected chi connectivity index (χ1v) is 22.4. The second-order valence-corrected chi connectivity index (χ2v) is 16.6. The zero-order valence-corrected chi connectivity index (χ0v) is 36.5. The number of nitro benzene ring substituents is 1. The summed E-state index contributed by atoms with van der Waals surface area (Å²) in [7, 11) is 0. The number of non-ortho nitro benzene ring substituents is 1. The number of aliphatic hydroxyl groups is 2. The van der Waals surface area contributed by atoms with Crippen LogP contribution in [-0.4, -0.2) is 83.4 Å². The molecule has 0 bridgehead atoms. The van der Waals surface area contributed by atoms with E-state index in [1.807, 2.05) is 43.3 Å². The molecule has 3 N–H and O–H groups in total. The van der Waals surface area contributed by atoms with Crippen LogP contribution < -0.4 is 24.3 Å². The molecule has 15 nitrogen and oxygen atoms in total. The van der Waals surface area contributed by atoms with E-state index in [4.69, 9.17) is 33.7 Å². The van der Waals surface area contributed by atoms with Crippen LogP contribution >= 0.6 is 0 Å². The van der Waals surface area contributed by atoms with E-state index in [1.54, 1.807) is 29.2 Å². The highest BCUT2D eigenvalue weighted by molar-refractivity contribution is 6.03. The van der Waals surface area contributed by atoms with Gasteiger partial charge in [-0.2, -0.15) is 0 Å². The van der Waals surface area contributed by atoms with Crippen molar-refractivity contribution in [2.75, 3.05) is 39.8 Å². The summed E-state index contributed by atoms with van der Waals surface area (Å²) in [4.78, 5) is 33.7. The molecule has 0 spiro atoms. The summed E-state index contributed by atoms with van der Waals surface area (Å²) < 4.78 is 31.6. The Bertz CT molecular complexity index is 2180. The van der Waals surface area contributed by atoms with Crippen LogP contribution in [0.25, 0.3) is 0 Å². The number of nitrogens with one attached hydrogen (secondary N) is 1. The van der Waals surface area contributed by atoms with E-state index in [2.05, 4.69) is 24.6 Å². The molecule has 64 heavy (non-hydrogen) atoms. The number of oxime groups is 1. The van der Waals surface area contributed by atoms with E-state index < -0.39 is 22.7 Å². The first-order chi connectivity index (χ1) is 31.2. The smallest absolute Gasteiger partial charge is 0.318 e. The molecule has 6 atom stereocenters. The maximum Gasteiger partial charge on any atom is 0.318 e. The number of amides is 2. The van der Waals surface area contributed by atoms with E-state index in [0.717, 1.165) is 42.4 Å². The molecule has 1 saturated carbocycles. The van der Waals surface area contributed by atoms with Gasteiger partial charge in [0.25, 0.3) is 5.69 Å². The lowest BCUT2D eigenvalue weighted by atomic mass is 9.55. The van der Waals surface area contributed by atoms with E-state index in [9.17, 15) is 25.1 Å². The second-order valence-electron chi connectivity index (χ2n) is 16.6. The number of carbonyl (C=O) groups is 1. The van der Waals surface area contributed by atoms with Crippen LogP contribution in [0, 0.1) is 27.9 Å². The van der Waals surface area contributed by atoms with E-state index in [0.29, 0.717) is 66.7 Å². The van der Waals surface area contributed by atoms with Gasteiger partial charge in [-0.05, 0) is 103 Å². The Hall–Kier alpha value is -5.90. The zero-order chi connectivity index (χ0) is 45.1. The normalized spacial score (nSPS) is 23.2. The lowest BCUT2D eigenvalue weighted by molar-refractivity contribution is -0.384. The van der Waals surface area contributed by atoms with E-state index in [1.165, 1.54) is 12.1 Å². The lowest BCUT2D eigenvalue weighted by Gasteiger charge is -2.60. The maximum absolute atomic E-state index is 14.8. The Kier molecular flexibility index (Phi) is 15.6. The fraction of sp³-hybridized carbons (Fsp3) is 0.469. The molecular weight excluding hydrogens is 821 g/mol. The van der Waals surface area contributed by atoms with Gasteiger partial charge in [0, 0.05) is 56.3 Å². The van der Waals surface area contributed by atoms with Crippen LogP contribution in [0.3, 0.4) is 0 Å². The molecule has 7 rings (SSSR count). The number of urea groups is 1. The summed E-state index contributed by atoms with van der Waals surface area (Å²) in [5.74, 6) is 0.440. The summed E-state index contributed by atoms with van der Waals surface area (Å²) in [6.07, 6.45) is 11.0. The molecule has 4 aliphatic rings. The first kappa shape index (κ1) is 46.1. The molecule has 342 valence electrons. The van der Waals surface area contributed by atoms with Crippen LogP contribution in [0.5, 0.6) is 23.0 Å². The number of nitrogens with zero attached hydrogens (tertiary/aromatic N) is 3. The van der Waals surface area contributed by atoms with E-state index in [-0.39, 0.29) is 75.7 Å². The van der Waals surface area contributed by atoms with Crippen LogP contribution in [-0.2, 0) is 22.7 Å². The summed E-state index contributed by atoms with van der Waals surface area (Å²) in [5, 5.41) is 39.3. The number of hydrogen-bond donors (Lipinski definition) is 3. The van der Waals surface area contributed by atoms with Crippen molar-refractivity contribution < 1.29 is 48.5 Å². The predicted molar refractivity (Wildman–Crippen MR) is 240 cm³/mol. The van der Waals surface area contributed by atoms with Crippen LogP contribution in [0.4, 0.5) is 10.5 Å². The van der Waals surface area contributed by atoms with Crippen molar-refractivity contribution in [3.63, 3.8) is 0 Å². The number of aliphatic hydroxyl groups excluding tert-OH is 2. The van der Waals surface area contributed by atoms with Crippen LogP contribution in [0.1, 0.15) is 80.9 Å². The highest BCUT2D eigenvalue weighted by atomic mass is 16.7. The van der Waals surface area contributed by atoms with Gasteiger partial charge in [-0.25, -0.2) is 4.79 Å². The number of allylic oxidation sites excluding steroid dienone is 1. The van der Waals surface area contributed by atoms with Gasteiger partial charge in [-0.3, -0.25) is 10.1 Å². The van der Waals surface area contributed by atoms with Gasteiger partial charge in [-0.15, -0.1) is 6.58 Å². The molecule has 1 fully saturated rings. The van der Waals surface area contributed by atoms with Gasteiger partial charge in [0.15, 0.2) is 11.5 Å². The standard InChI is InChI=1S/C49H60N4O11/c1-4-21-52(48(56)50-30-34-15-19-43-44(26-34)61-32-60-43)45-29-41(51-63-31-33-13-16-36(17-14-33)53(57)58)39-27-35(11-7-9-22-54)38(12-8-10-23-55)46-40-28-37(59-24-5-2)18-20-42(40)64-49(45,47(39)46)62-25-6-3/h5-6,13-20,26-28,35,38,45-47,54-55H,2-4,7-12,21-25,29-32H2,1H3,(H,50,56)/t35-,38+,45-,46+,47+,49+/m0/s1. The second kappa shape index (κ2) is 21.7. The predicted octanol–water partition coefficient (Wildman–Crippen LogP) is 8.34. The fourth-order valence-corrected chi connectivity index (χ4v) is 9.76. The minimum atomic E-state index is -1.44. The summed E-state index contributed by atoms with van der Waals surface area (Å²) in [6.45, 7) is 11.3. The van der Waals surface area contributed by atoms with Crippen molar-refractivity contribution in [1.29, 1.82) is 0 Å². The molecule has 0 radical (unpaired) electrons. The van der Waals surface area contributed by atoms with Crippen LogP contribution in [0.2, 0.25) is 0 Å². The lowest BCUT2D eigenvalue weighted by Crippen LogP contribution is -2.70. The fourth-order valence-electron chi connectivity index (χ4n) is 9.76. The quantitative estimate of drug-likeness (QED) is 0.0360. The summed E-state index contributed by atoms with van der Waals surface area (Å²) >= 11 is 0. The Morgan fingerprint density at radius 2 is 1.70 bits per heavy atom. The highest BCUT2D eigenvalue weighted by Gasteiger charge is 2.65. The molecule has 2 heterocycles. The third-order valence-corrected chi connectivity index (χ3v) is 12.5. The Labute approximate surface area is 374 Å². The number of benzene rings is 3. The topological polar surface area (TPSA) is 184 Å². The molecule has 3 aromatic rings. The minimum absolute atomic E-state index is 0.0244. The van der Waals surface area contributed by atoms with Gasteiger partial charge in [0.1, 0.15) is 30.8 Å². The SMILES string of the molecule is C=CCOc1ccc2c(c1)[C@H]1[C@H](CCCCO)[C@@H](CCCCO)C=C3C(=NOCc4ccc([N+](=O)[O-])cc4)C[C@H](N(CCC)C(=O)NCc4ccc5c(c4)OCO5)[C@@](OCC=C)(O2)[C@H]31. The van der Waals surface area contributed by atoms with E-state index >= 15 is 0 Å². The number of unbranched alkanes of at least 4 members (excludes halogenated alkanes) is 2. The molecule has 0 unspecified atom stereocenters. The molecule has 3 aromatic carbocycles. The number of fused-ring (bicyclic) bond motifs is 3. The van der Waals surface area contributed by atoms with Gasteiger partial charge < -0.3 is 49.0 Å². The van der Waals surface area contributed by atoms with Crippen molar-refractivity contribution in [2.24, 2.45) is 22.9 Å². The summed E-state index contributed by atoms with van der Waals surface area (Å²) in [5.41, 5.74) is 3.98. The molecule has 15 heteroatoms. The number of nitro groups is 1. The molecule has 2 aliphatic carbocycles. The molecule has 2 aliphatic heterocycles. The van der Waals surface area contributed by atoms with Gasteiger partial charge in [0.2, 0.25) is 12.6 Å². The van der Waals surface area contributed by atoms with Crippen molar-refractivity contribution in [2.45, 2.75) is 89.2 Å². The minimum Gasteiger partial charge on any atom is -0.490 e. The molecule has 0 aromatic heterocycles. The number of ether oxygens (including phenoxy) is 5. The Morgan fingerprint density at radius 1 is 0.969 bits per heavy atom. The van der Waals surface area contributed by atoms with Crippen molar-refractivity contribution in [1.82, 2.24) is 10.2 Å². The largest absolute Gasteiger partial charge is 0.490 e. The third-order valence-electron chi connectivity index (χ3n) is 12.5. The van der Waals surface area contributed by atoms with Gasteiger partial charge in [0.05, 0.1) is 23.2 Å². The maximum atomic E-state index is 14.8. The van der Waals surface area contributed by atoms with Crippen molar-refractivity contribution in [3.05, 3.63) is 124 Å². The average Bonchev–Trinajstić information content (AvgIpc) is 3.78. The molecule has 2 amide bonds. The Morgan fingerprint density at radius 3 is 2.44 bits per heavy atom. The Balaban J connectivity index is 1.37. The third kappa shape index (κ3) is 10.1. The van der Waals surface area contributed by atoms with Gasteiger partial charge in [-0.1, -0.05) is 55.8 Å². The number of hydrogen-bond acceptors (Lipinski definition) is 12. The average molecular weight is 881 g/mol. The monoisotopic (exact) mass is 880 g/mol. The molecule has 0 saturated heterocycles.